The summed E-state index contributed by atoms with van der Waals surface area (Å²) >= 11 is 0. The first-order chi connectivity index (χ1) is 12.3. The summed E-state index contributed by atoms with van der Waals surface area (Å²) in [5, 5.41) is 0. The molecule has 1 aliphatic heterocycles. The highest BCUT2D eigenvalue weighted by Crippen LogP contribution is 2.30. The first kappa shape index (κ1) is 17.4. The topological polar surface area (TPSA) is 71.7 Å². The zero-order chi connectivity index (χ0) is 17.5. The molecule has 0 aliphatic carbocycles. The van der Waals surface area contributed by atoms with Crippen molar-refractivity contribution in [1.29, 1.82) is 0 Å². The third kappa shape index (κ3) is 4.35. The zero-order valence-corrected chi connectivity index (χ0v) is 14.3. The Balaban J connectivity index is 1.79. The molecule has 0 amide bonds. The zero-order valence-electron chi connectivity index (χ0n) is 14.3. The third-order valence-corrected chi connectivity index (χ3v) is 4.39. The number of nitrogens with zero attached hydrogens (tertiary/aromatic N) is 3. The Morgan fingerprint density at radius 2 is 2.00 bits per heavy atom. The van der Waals surface area contributed by atoms with Crippen molar-refractivity contribution >= 4 is 23.5 Å². The summed E-state index contributed by atoms with van der Waals surface area (Å²) in [6.07, 6.45) is 3.55. The van der Waals surface area contributed by atoms with Gasteiger partial charge < -0.3 is 15.4 Å². The maximum atomic E-state index is 11.5. The lowest BCUT2D eigenvalue weighted by Crippen LogP contribution is -2.38. The molecule has 2 aromatic rings. The fourth-order valence-corrected chi connectivity index (χ4v) is 3.09. The molecule has 0 spiro atoms. The lowest BCUT2D eigenvalue weighted by Gasteiger charge is -2.29. The number of pyridine rings is 1. The molecule has 1 saturated heterocycles. The van der Waals surface area contributed by atoms with Gasteiger partial charge in [-0.05, 0) is 30.7 Å². The molecule has 1 aromatic carbocycles. The van der Waals surface area contributed by atoms with Crippen molar-refractivity contribution < 1.29 is 9.53 Å². The van der Waals surface area contributed by atoms with E-state index in [4.69, 9.17) is 10.5 Å². The molecular formula is C19H24N4O2. The van der Waals surface area contributed by atoms with E-state index in [0.29, 0.717) is 17.1 Å². The first-order valence-electron chi connectivity index (χ1n) is 8.62. The van der Waals surface area contributed by atoms with Gasteiger partial charge in [0, 0.05) is 37.9 Å². The Kier molecular flexibility index (Phi) is 5.98. The number of carbonyl (C=O) groups is 1. The summed E-state index contributed by atoms with van der Waals surface area (Å²) < 4.78 is 5.39. The molecule has 0 atom stereocenters. The van der Waals surface area contributed by atoms with Gasteiger partial charge in [-0.15, -0.1) is 0 Å². The number of ether oxygens (including phenoxy) is 1. The molecule has 25 heavy (non-hydrogen) atoms. The molecule has 3 rings (SSSR count). The van der Waals surface area contributed by atoms with Crippen molar-refractivity contribution in [3.63, 3.8) is 0 Å². The monoisotopic (exact) mass is 340 g/mol. The number of nitrogens with two attached hydrogens (primary N) is 1. The van der Waals surface area contributed by atoms with Crippen molar-refractivity contribution in [2.45, 2.75) is 6.42 Å². The van der Waals surface area contributed by atoms with Gasteiger partial charge in [-0.25, -0.2) is 4.98 Å². The molecular weight excluding hydrogens is 316 g/mol. The molecule has 0 radical (unpaired) electrons. The Morgan fingerprint density at radius 1 is 1.20 bits per heavy atom. The van der Waals surface area contributed by atoms with Gasteiger partial charge in [-0.2, -0.15) is 0 Å². The van der Waals surface area contributed by atoms with Crippen LogP contribution in [0.25, 0.3) is 0 Å². The van der Waals surface area contributed by atoms with Crippen LogP contribution in [0.2, 0.25) is 0 Å². The third-order valence-electron chi connectivity index (χ3n) is 4.39. The molecule has 0 saturated carbocycles. The highest BCUT2D eigenvalue weighted by molar-refractivity contribution is 5.87. The summed E-state index contributed by atoms with van der Waals surface area (Å²) in [5.74, 6) is 0.693. The number of aldehydes is 1. The molecule has 6 heteroatoms. The lowest BCUT2D eigenvalue weighted by molar-refractivity contribution is 0.0377. The quantitative estimate of drug-likeness (QED) is 0.780. The van der Waals surface area contributed by atoms with E-state index >= 15 is 0 Å². The summed E-state index contributed by atoms with van der Waals surface area (Å²) in [7, 11) is 0. The van der Waals surface area contributed by atoms with Gasteiger partial charge in [-0.1, -0.05) is 12.1 Å². The van der Waals surface area contributed by atoms with E-state index in [0.717, 1.165) is 57.8 Å². The van der Waals surface area contributed by atoms with Gasteiger partial charge in [0.05, 0.1) is 24.6 Å². The predicted molar refractivity (Wildman–Crippen MR) is 99.4 cm³/mol. The smallest absolute Gasteiger partial charge is 0.156 e. The van der Waals surface area contributed by atoms with Crippen molar-refractivity contribution in [2.24, 2.45) is 0 Å². The van der Waals surface area contributed by atoms with Crippen LogP contribution >= 0.6 is 0 Å². The van der Waals surface area contributed by atoms with Crippen LogP contribution in [0, 0.1) is 0 Å². The maximum Gasteiger partial charge on any atom is 0.156 e. The second kappa shape index (κ2) is 8.60. The second-order valence-electron chi connectivity index (χ2n) is 6.05. The minimum atomic E-state index is 0.606. The normalized spacial score (nSPS) is 15.0. The Morgan fingerprint density at radius 3 is 2.76 bits per heavy atom. The number of aromatic nitrogens is 1. The van der Waals surface area contributed by atoms with Gasteiger partial charge in [0.1, 0.15) is 0 Å². The van der Waals surface area contributed by atoms with Gasteiger partial charge in [0.2, 0.25) is 0 Å². The standard InChI is InChI=1S/C19H24N4O2/c20-17-6-3-8-21-19(17)23(18-7-2-1-5-16(18)15-24)10-4-9-22-11-13-25-14-12-22/h1-3,5-8,15H,4,9-14,20H2. The minimum Gasteiger partial charge on any atom is -0.396 e. The molecule has 0 unspecified atom stereocenters. The average molecular weight is 340 g/mol. The molecule has 132 valence electrons. The Bertz CT molecular complexity index is 701. The van der Waals surface area contributed by atoms with Crippen molar-refractivity contribution in [1.82, 2.24) is 9.88 Å². The van der Waals surface area contributed by atoms with E-state index in [1.54, 1.807) is 6.20 Å². The summed E-state index contributed by atoms with van der Waals surface area (Å²) in [6.45, 7) is 5.25. The van der Waals surface area contributed by atoms with E-state index in [9.17, 15) is 4.79 Å². The van der Waals surface area contributed by atoms with E-state index in [1.807, 2.05) is 41.3 Å². The Hall–Kier alpha value is -2.44. The summed E-state index contributed by atoms with van der Waals surface area (Å²) in [4.78, 5) is 20.4. The highest BCUT2D eigenvalue weighted by Gasteiger charge is 2.17. The van der Waals surface area contributed by atoms with Crippen LogP contribution in [-0.4, -0.2) is 55.6 Å². The predicted octanol–water partition coefficient (Wildman–Crippen LogP) is 2.34. The average Bonchev–Trinajstić information content (AvgIpc) is 2.67. The number of morpholine rings is 1. The SMILES string of the molecule is Nc1cccnc1N(CCCN1CCOCC1)c1ccccc1C=O. The molecule has 1 aromatic heterocycles. The van der Waals surface area contributed by atoms with Crippen LogP contribution in [0.1, 0.15) is 16.8 Å². The van der Waals surface area contributed by atoms with E-state index in [1.165, 1.54) is 0 Å². The molecule has 2 N–H and O–H groups in total. The van der Waals surface area contributed by atoms with E-state index < -0.39 is 0 Å². The minimum absolute atomic E-state index is 0.606. The number of anilines is 3. The van der Waals surface area contributed by atoms with Crippen LogP contribution < -0.4 is 10.6 Å². The summed E-state index contributed by atoms with van der Waals surface area (Å²) in [5.41, 5.74) is 8.23. The maximum absolute atomic E-state index is 11.5. The number of carbonyl (C=O) groups excluding carboxylic acids is 1. The molecule has 1 aliphatic rings. The van der Waals surface area contributed by atoms with Crippen LogP contribution in [0.5, 0.6) is 0 Å². The number of benzene rings is 1. The fraction of sp³-hybridized carbons (Fsp3) is 0.368. The van der Waals surface area contributed by atoms with Crippen LogP contribution in [0.4, 0.5) is 17.2 Å². The highest BCUT2D eigenvalue weighted by atomic mass is 16.5. The van der Waals surface area contributed by atoms with Crippen LogP contribution in [-0.2, 0) is 4.74 Å². The van der Waals surface area contributed by atoms with Crippen molar-refractivity contribution in [2.75, 3.05) is 50.0 Å². The van der Waals surface area contributed by atoms with E-state index in [-0.39, 0.29) is 0 Å². The van der Waals surface area contributed by atoms with Crippen molar-refractivity contribution in [3.05, 3.63) is 48.2 Å². The molecule has 2 heterocycles. The summed E-state index contributed by atoms with van der Waals surface area (Å²) in [6, 6.07) is 11.2. The number of para-hydroxylation sites is 1. The van der Waals surface area contributed by atoms with Gasteiger partial charge in [-0.3, -0.25) is 9.69 Å². The lowest BCUT2D eigenvalue weighted by atomic mass is 10.1. The fourth-order valence-electron chi connectivity index (χ4n) is 3.09. The number of rotatable bonds is 7. The number of nitrogen functional groups attached to an aromatic ring is 1. The second-order valence-corrected chi connectivity index (χ2v) is 6.05. The van der Waals surface area contributed by atoms with E-state index in [2.05, 4.69) is 9.88 Å². The largest absolute Gasteiger partial charge is 0.396 e. The van der Waals surface area contributed by atoms with Gasteiger partial charge in [0.15, 0.2) is 12.1 Å². The number of hydrogen-bond donors (Lipinski definition) is 1. The van der Waals surface area contributed by atoms with Crippen LogP contribution in [0.3, 0.4) is 0 Å². The first-order valence-corrected chi connectivity index (χ1v) is 8.62. The molecule has 6 nitrogen and oxygen atoms in total. The van der Waals surface area contributed by atoms with Crippen molar-refractivity contribution in [3.8, 4) is 0 Å². The number of hydrogen-bond acceptors (Lipinski definition) is 6. The van der Waals surface area contributed by atoms with Crippen LogP contribution in [0.15, 0.2) is 42.6 Å². The van der Waals surface area contributed by atoms with Gasteiger partial charge >= 0.3 is 0 Å². The van der Waals surface area contributed by atoms with Gasteiger partial charge in [0.25, 0.3) is 0 Å². The molecule has 1 fully saturated rings. The Labute approximate surface area is 148 Å². The molecule has 0 bridgehead atoms.